The molecule has 4 aromatic heterocycles. The Morgan fingerprint density at radius 1 is 0.736 bits per heavy atom. The predicted molar refractivity (Wildman–Crippen MR) is 207 cm³/mol. The van der Waals surface area contributed by atoms with Crippen molar-refractivity contribution in [1.29, 1.82) is 0 Å². The van der Waals surface area contributed by atoms with E-state index in [1.807, 2.05) is 36.7 Å². The van der Waals surface area contributed by atoms with Gasteiger partial charge in [-0.05, 0) is 63.7 Å². The summed E-state index contributed by atoms with van der Waals surface area (Å²) in [6.07, 6.45) is 8.56. The molecule has 4 aromatic carbocycles. The zero-order chi connectivity index (χ0) is 36.0. The Balaban J connectivity index is 0.00000400. The average Bonchev–Trinajstić information content (AvgIpc) is 3.73. The van der Waals surface area contributed by atoms with Gasteiger partial charge in [-0.3, -0.25) is 9.55 Å². The van der Waals surface area contributed by atoms with Gasteiger partial charge >= 0.3 is 0 Å². The minimum absolute atomic E-state index is 0. The molecule has 9 rings (SSSR count). The summed E-state index contributed by atoms with van der Waals surface area (Å²) in [5.41, 5.74) is 9.65. The Hall–Kier alpha value is -5.06. The van der Waals surface area contributed by atoms with Gasteiger partial charge in [0, 0.05) is 61.6 Å². The molecule has 4 heterocycles. The van der Waals surface area contributed by atoms with Crippen LogP contribution in [-0.2, 0) is 37.3 Å². The molecule has 1 aliphatic rings. The van der Waals surface area contributed by atoms with E-state index in [2.05, 4.69) is 153 Å². The fourth-order valence-corrected chi connectivity index (χ4v) is 8.44. The third-order valence-electron chi connectivity index (χ3n) is 10.5. The zero-order valence-electron chi connectivity index (χ0n) is 31.1. The van der Waals surface area contributed by atoms with Crippen molar-refractivity contribution in [3.63, 3.8) is 0 Å². The molecule has 7 heteroatoms. The molecule has 268 valence electrons. The number of rotatable bonds is 5. The van der Waals surface area contributed by atoms with Gasteiger partial charge in [-0.1, -0.05) is 96.4 Å². The number of pyridine rings is 2. The second kappa shape index (κ2) is 12.5. The Labute approximate surface area is 325 Å². The molecule has 0 spiro atoms. The molecule has 0 radical (unpaired) electrons. The molecule has 53 heavy (non-hydrogen) atoms. The standard InChI is InChI=1S/C46H41N5O.Pt/c1-44(2,3)30-21-23-47-41(25-30)51-36-16-9-8-15-34(36)35-20-19-33(27-40(35)51)52-32-14-12-13-31(26-32)49-29-50(38-18-11-10-17-37(38)49)39-22-24-48-43-42(39)45(4,5)28-46(43,6)7;/h8-25H,28H2,1-7H3;/q-2;. The van der Waals surface area contributed by atoms with Crippen LogP contribution in [0, 0.1) is 18.5 Å². The second-order valence-electron chi connectivity index (χ2n) is 16.4. The maximum Gasteiger partial charge on any atom is 0.268 e. The van der Waals surface area contributed by atoms with Crippen LogP contribution in [0.3, 0.4) is 0 Å². The van der Waals surface area contributed by atoms with Crippen LogP contribution in [0.2, 0.25) is 0 Å². The van der Waals surface area contributed by atoms with Crippen molar-refractivity contribution in [2.45, 2.75) is 71.1 Å². The third-order valence-corrected chi connectivity index (χ3v) is 10.5. The van der Waals surface area contributed by atoms with E-state index < -0.39 is 0 Å². The normalized spacial score (nSPS) is 14.8. The van der Waals surface area contributed by atoms with E-state index in [9.17, 15) is 0 Å². The van der Waals surface area contributed by atoms with Gasteiger partial charge < -0.3 is 13.9 Å². The summed E-state index contributed by atoms with van der Waals surface area (Å²) >= 11 is 0. The van der Waals surface area contributed by atoms with Crippen molar-refractivity contribution < 1.29 is 30.4 Å². The summed E-state index contributed by atoms with van der Waals surface area (Å²) in [5, 5.41) is 2.24. The molecule has 0 saturated heterocycles. The van der Waals surface area contributed by atoms with Crippen molar-refractivity contribution in [3.8, 4) is 28.7 Å². The van der Waals surface area contributed by atoms with E-state index in [0.717, 1.165) is 56.5 Å². The van der Waals surface area contributed by atoms with Gasteiger partial charge in [0.1, 0.15) is 5.82 Å². The van der Waals surface area contributed by atoms with Gasteiger partial charge in [0.25, 0.3) is 6.33 Å². The number of para-hydroxylation sites is 3. The van der Waals surface area contributed by atoms with Crippen LogP contribution in [-0.4, -0.2) is 19.1 Å². The average molecular weight is 875 g/mol. The van der Waals surface area contributed by atoms with Crippen LogP contribution in [0.5, 0.6) is 11.5 Å². The Bertz CT molecular complexity index is 2690. The monoisotopic (exact) mass is 874 g/mol. The van der Waals surface area contributed by atoms with E-state index in [4.69, 9.17) is 14.7 Å². The fraction of sp³-hybridized carbons (Fsp3) is 0.239. The number of fused-ring (bicyclic) bond motifs is 5. The summed E-state index contributed by atoms with van der Waals surface area (Å²) in [7, 11) is 0. The molecular weight excluding hydrogens is 834 g/mol. The molecule has 0 atom stereocenters. The molecular formula is C46H41N5OPt-2. The molecule has 1 aliphatic carbocycles. The maximum atomic E-state index is 6.54. The number of hydrogen-bond acceptors (Lipinski definition) is 3. The van der Waals surface area contributed by atoms with Crippen molar-refractivity contribution in [2.24, 2.45) is 0 Å². The molecule has 0 bridgehead atoms. The van der Waals surface area contributed by atoms with Gasteiger partial charge in [0.15, 0.2) is 0 Å². The van der Waals surface area contributed by atoms with E-state index in [1.165, 1.54) is 16.8 Å². The molecule has 0 saturated carbocycles. The van der Waals surface area contributed by atoms with Crippen molar-refractivity contribution in [2.75, 3.05) is 0 Å². The molecule has 0 N–H and O–H groups in total. The third kappa shape index (κ3) is 5.79. The van der Waals surface area contributed by atoms with Crippen molar-refractivity contribution >= 4 is 32.8 Å². The van der Waals surface area contributed by atoms with Gasteiger partial charge in [0.2, 0.25) is 0 Å². The minimum Gasteiger partial charge on any atom is -0.510 e. The predicted octanol–water partition coefficient (Wildman–Crippen LogP) is 10.2. The summed E-state index contributed by atoms with van der Waals surface area (Å²) in [6.45, 7) is 15.9. The first-order valence-electron chi connectivity index (χ1n) is 18.0. The summed E-state index contributed by atoms with van der Waals surface area (Å²) < 4.78 is 13.0. The quantitative estimate of drug-likeness (QED) is 0.128. The smallest absolute Gasteiger partial charge is 0.268 e. The summed E-state index contributed by atoms with van der Waals surface area (Å²) in [6, 6.07) is 40.5. The van der Waals surface area contributed by atoms with Crippen LogP contribution >= 0.6 is 0 Å². The van der Waals surface area contributed by atoms with Crippen molar-refractivity contribution in [1.82, 2.24) is 19.1 Å². The number of aromatic nitrogens is 5. The Morgan fingerprint density at radius 3 is 2.28 bits per heavy atom. The number of ether oxygens (including phenoxy) is 1. The molecule has 0 fully saturated rings. The summed E-state index contributed by atoms with van der Waals surface area (Å²) in [5.74, 6) is 2.05. The second-order valence-corrected chi connectivity index (χ2v) is 16.4. The number of benzene rings is 4. The van der Waals surface area contributed by atoms with E-state index in [1.54, 1.807) is 0 Å². The topological polar surface area (TPSA) is 48.8 Å². The summed E-state index contributed by atoms with van der Waals surface area (Å²) in [4.78, 5) is 9.71. The van der Waals surface area contributed by atoms with Gasteiger partial charge in [0.05, 0.1) is 16.7 Å². The Kier molecular flexibility index (Phi) is 8.27. The van der Waals surface area contributed by atoms with Crippen LogP contribution in [0.4, 0.5) is 0 Å². The minimum atomic E-state index is -0.0267. The molecule has 0 amide bonds. The van der Waals surface area contributed by atoms with Crippen LogP contribution in [0.25, 0.3) is 50.0 Å². The number of imidazole rings is 1. The van der Waals surface area contributed by atoms with Crippen LogP contribution in [0.15, 0.2) is 109 Å². The number of hydrogen-bond donors (Lipinski definition) is 0. The van der Waals surface area contributed by atoms with E-state index >= 15 is 0 Å². The molecule has 8 aromatic rings. The number of nitrogens with zero attached hydrogens (tertiary/aromatic N) is 5. The SMILES string of the molecule is CC(C)(C)c1ccnc(-n2c3[c-]c(Oc4[c-]c(-n5[c-][n+](-c6ccnc7c6C(C)(C)CC7(C)C)c6ccccc65)ccc4)ccc3c3ccccc32)c1.[Pt]. The van der Waals surface area contributed by atoms with E-state index in [0.29, 0.717) is 11.5 Å². The molecule has 0 aliphatic heterocycles. The zero-order valence-corrected chi connectivity index (χ0v) is 33.3. The van der Waals surface area contributed by atoms with E-state index in [-0.39, 0.29) is 37.3 Å². The Morgan fingerprint density at radius 2 is 1.47 bits per heavy atom. The van der Waals surface area contributed by atoms with Gasteiger partial charge in [-0.25, -0.2) is 4.98 Å². The van der Waals surface area contributed by atoms with Crippen molar-refractivity contribution in [3.05, 3.63) is 145 Å². The fourth-order valence-electron chi connectivity index (χ4n) is 8.44. The molecule has 6 nitrogen and oxygen atoms in total. The first-order valence-corrected chi connectivity index (χ1v) is 18.0. The molecule has 0 unspecified atom stereocenters. The van der Waals surface area contributed by atoms with Crippen LogP contribution in [0.1, 0.15) is 71.7 Å². The van der Waals surface area contributed by atoms with Crippen LogP contribution < -0.4 is 9.30 Å². The van der Waals surface area contributed by atoms with Gasteiger partial charge in [-0.2, -0.15) is 18.2 Å². The first kappa shape index (κ1) is 35.0. The maximum absolute atomic E-state index is 6.54. The largest absolute Gasteiger partial charge is 0.510 e. The van der Waals surface area contributed by atoms with Gasteiger partial charge in [-0.15, -0.1) is 29.7 Å². The first-order chi connectivity index (χ1) is 24.9.